The van der Waals surface area contributed by atoms with Gasteiger partial charge in [-0.1, -0.05) is 84.2 Å². The Hall–Kier alpha value is -2.37. The van der Waals surface area contributed by atoms with E-state index in [2.05, 4.69) is 11.0 Å². The van der Waals surface area contributed by atoms with Crippen LogP contribution in [0.2, 0.25) is 10.0 Å². The van der Waals surface area contributed by atoms with Crippen LogP contribution in [-0.2, 0) is 11.0 Å². The molecule has 2 aliphatic rings. The molecule has 0 bridgehead atoms. The molecule has 1 N–H and O–H groups in total. The third-order valence-electron chi connectivity index (χ3n) is 8.79. The Morgan fingerprint density at radius 3 is 2.18 bits per heavy atom. The molecular formula is C33H38Cl2N2O2. The number of rotatable bonds is 8. The second-order valence-electron chi connectivity index (χ2n) is 11.3. The van der Waals surface area contributed by atoms with Crippen molar-refractivity contribution in [2.75, 3.05) is 32.7 Å². The predicted molar refractivity (Wildman–Crippen MR) is 160 cm³/mol. The Morgan fingerprint density at radius 1 is 0.795 bits per heavy atom. The van der Waals surface area contributed by atoms with Crippen LogP contribution in [0.3, 0.4) is 0 Å². The van der Waals surface area contributed by atoms with Gasteiger partial charge in [0.25, 0.3) is 5.91 Å². The molecule has 0 radical (unpaired) electrons. The number of aliphatic hydroxyl groups is 1. The van der Waals surface area contributed by atoms with Crippen LogP contribution in [0.25, 0.3) is 0 Å². The number of benzene rings is 3. The summed E-state index contributed by atoms with van der Waals surface area (Å²) in [5.74, 6) is 0.0963. The van der Waals surface area contributed by atoms with E-state index in [0.29, 0.717) is 16.6 Å². The number of carbonyl (C=O) groups excluding carboxylic acids is 1. The van der Waals surface area contributed by atoms with E-state index in [0.717, 1.165) is 82.3 Å². The fourth-order valence-electron chi connectivity index (χ4n) is 6.46. The van der Waals surface area contributed by atoms with Gasteiger partial charge in [0.15, 0.2) is 0 Å². The lowest BCUT2D eigenvalue weighted by molar-refractivity contribution is -0.0262. The maximum atomic E-state index is 13.4. The predicted octanol–water partition coefficient (Wildman–Crippen LogP) is 7.32. The first-order chi connectivity index (χ1) is 18.9. The number of carbonyl (C=O) groups is 1. The van der Waals surface area contributed by atoms with E-state index in [1.807, 2.05) is 77.7 Å². The maximum absolute atomic E-state index is 13.4. The standard InChI is InChI=1S/C33H38Cl2N2O2/c34-29-15-14-28(24-30(29)35)32(17-9-21-37(25-32)31(38)26-10-3-1-4-11-26)16-7-8-20-36-22-18-33(39,19-23-36)27-12-5-2-6-13-27/h1-6,10-15,24,39H,7-9,16-23,25H2. The molecule has 1 atom stereocenters. The highest BCUT2D eigenvalue weighted by molar-refractivity contribution is 6.42. The van der Waals surface area contributed by atoms with Gasteiger partial charge in [-0.15, -0.1) is 0 Å². The average Bonchev–Trinajstić information content (AvgIpc) is 2.98. The average molecular weight is 566 g/mol. The summed E-state index contributed by atoms with van der Waals surface area (Å²) in [4.78, 5) is 17.9. The van der Waals surface area contributed by atoms with Gasteiger partial charge in [0.05, 0.1) is 15.6 Å². The normalized spacial score (nSPS) is 21.6. The zero-order valence-corrected chi connectivity index (χ0v) is 24.0. The summed E-state index contributed by atoms with van der Waals surface area (Å²) in [7, 11) is 0. The first-order valence-corrected chi connectivity index (χ1v) is 14.9. The number of halogens is 2. The number of unbranched alkanes of at least 4 members (excludes halogenated alkanes) is 1. The molecule has 0 aliphatic carbocycles. The minimum Gasteiger partial charge on any atom is -0.385 e. The molecule has 1 amide bonds. The number of hydrogen-bond donors (Lipinski definition) is 1. The Morgan fingerprint density at radius 2 is 1.49 bits per heavy atom. The molecule has 1 unspecified atom stereocenters. The lowest BCUT2D eigenvalue weighted by Gasteiger charge is -2.44. The first-order valence-electron chi connectivity index (χ1n) is 14.2. The first kappa shape index (κ1) is 28.2. The van der Waals surface area contributed by atoms with E-state index in [4.69, 9.17) is 23.2 Å². The van der Waals surface area contributed by atoms with E-state index in [9.17, 15) is 9.90 Å². The van der Waals surface area contributed by atoms with Gasteiger partial charge < -0.3 is 14.9 Å². The molecule has 0 aromatic heterocycles. The van der Waals surface area contributed by atoms with Crippen molar-refractivity contribution in [1.29, 1.82) is 0 Å². The zero-order chi connectivity index (χ0) is 27.3. The molecule has 3 aromatic rings. The van der Waals surface area contributed by atoms with Gasteiger partial charge in [0.2, 0.25) is 0 Å². The summed E-state index contributed by atoms with van der Waals surface area (Å²) in [5, 5.41) is 12.3. The van der Waals surface area contributed by atoms with Crippen molar-refractivity contribution in [3.05, 3.63) is 106 Å². The van der Waals surface area contributed by atoms with Gasteiger partial charge in [0.1, 0.15) is 0 Å². The molecule has 4 nitrogen and oxygen atoms in total. The third-order valence-corrected chi connectivity index (χ3v) is 9.53. The molecule has 6 heteroatoms. The van der Waals surface area contributed by atoms with Gasteiger partial charge in [-0.25, -0.2) is 0 Å². The largest absolute Gasteiger partial charge is 0.385 e. The number of nitrogens with zero attached hydrogens (tertiary/aromatic N) is 2. The summed E-state index contributed by atoms with van der Waals surface area (Å²) in [5.41, 5.74) is 2.08. The number of piperidine rings is 2. The highest BCUT2D eigenvalue weighted by Gasteiger charge is 2.39. The van der Waals surface area contributed by atoms with Crippen molar-refractivity contribution in [3.8, 4) is 0 Å². The molecule has 3 aromatic carbocycles. The third kappa shape index (κ3) is 6.52. The molecule has 0 spiro atoms. The second-order valence-corrected chi connectivity index (χ2v) is 12.1. The Labute approximate surface area is 242 Å². The molecule has 2 aliphatic heterocycles. The van der Waals surface area contributed by atoms with Crippen molar-refractivity contribution in [1.82, 2.24) is 9.80 Å². The van der Waals surface area contributed by atoms with Gasteiger partial charge >= 0.3 is 0 Å². The lowest BCUT2D eigenvalue weighted by atomic mass is 9.70. The van der Waals surface area contributed by atoms with Crippen LogP contribution in [0, 0.1) is 0 Å². The van der Waals surface area contributed by atoms with Crippen molar-refractivity contribution < 1.29 is 9.90 Å². The van der Waals surface area contributed by atoms with Crippen LogP contribution in [0.15, 0.2) is 78.9 Å². The molecule has 2 fully saturated rings. The molecule has 0 saturated carbocycles. The molecular weight excluding hydrogens is 527 g/mol. The fourth-order valence-corrected chi connectivity index (χ4v) is 6.76. The minimum absolute atomic E-state index is 0.0963. The van der Waals surface area contributed by atoms with Gasteiger partial charge in [-0.3, -0.25) is 4.79 Å². The van der Waals surface area contributed by atoms with Crippen LogP contribution in [0.5, 0.6) is 0 Å². The van der Waals surface area contributed by atoms with Gasteiger partial charge in [-0.05, 0) is 80.5 Å². The summed E-state index contributed by atoms with van der Waals surface area (Å²) < 4.78 is 0. The SMILES string of the molecule is O=C(c1ccccc1)N1CCCC(CCCCN2CCC(O)(c3ccccc3)CC2)(c2ccc(Cl)c(Cl)c2)C1. The van der Waals surface area contributed by atoms with Gasteiger partial charge in [0, 0.05) is 37.2 Å². The molecule has 206 valence electrons. The molecule has 39 heavy (non-hydrogen) atoms. The topological polar surface area (TPSA) is 43.8 Å². The number of likely N-dealkylation sites (tertiary alicyclic amines) is 2. The van der Waals surface area contributed by atoms with E-state index in [1.54, 1.807) is 0 Å². The summed E-state index contributed by atoms with van der Waals surface area (Å²) in [6.07, 6.45) is 6.65. The Bertz CT molecular complexity index is 1250. The number of hydrogen-bond acceptors (Lipinski definition) is 3. The fraction of sp³-hybridized carbons (Fsp3) is 0.424. The Balaban J connectivity index is 1.23. The van der Waals surface area contributed by atoms with Crippen LogP contribution < -0.4 is 0 Å². The Kier molecular flexibility index (Phi) is 8.98. The maximum Gasteiger partial charge on any atom is 0.253 e. The molecule has 5 rings (SSSR count). The van der Waals surface area contributed by atoms with Crippen LogP contribution in [-0.4, -0.2) is 53.5 Å². The molecule has 2 heterocycles. The monoisotopic (exact) mass is 564 g/mol. The summed E-state index contributed by atoms with van der Waals surface area (Å²) in [6.45, 7) is 4.29. The van der Waals surface area contributed by atoms with Crippen LogP contribution >= 0.6 is 23.2 Å². The smallest absolute Gasteiger partial charge is 0.253 e. The van der Waals surface area contributed by atoms with Crippen LogP contribution in [0.4, 0.5) is 0 Å². The number of amides is 1. The minimum atomic E-state index is -0.716. The van der Waals surface area contributed by atoms with Crippen molar-refractivity contribution in [2.45, 2.75) is 56.0 Å². The zero-order valence-electron chi connectivity index (χ0n) is 22.5. The van der Waals surface area contributed by atoms with Gasteiger partial charge in [-0.2, -0.15) is 0 Å². The highest BCUT2D eigenvalue weighted by atomic mass is 35.5. The van der Waals surface area contributed by atoms with Crippen molar-refractivity contribution >= 4 is 29.1 Å². The van der Waals surface area contributed by atoms with E-state index in [1.165, 1.54) is 5.56 Å². The highest BCUT2D eigenvalue weighted by Crippen LogP contribution is 2.41. The van der Waals surface area contributed by atoms with Crippen molar-refractivity contribution in [3.63, 3.8) is 0 Å². The second kappa shape index (κ2) is 12.4. The van der Waals surface area contributed by atoms with E-state index >= 15 is 0 Å². The summed E-state index contributed by atoms with van der Waals surface area (Å²) in [6, 6.07) is 25.7. The van der Waals surface area contributed by atoms with E-state index in [-0.39, 0.29) is 11.3 Å². The van der Waals surface area contributed by atoms with E-state index < -0.39 is 5.60 Å². The van der Waals surface area contributed by atoms with Crippen LogP contribution in [0.1, 0.15) is 66.4 Å². The lowest BCUT2D eigenvalue weighted by Crippen LogP contribution is -2.48. The summed E-state index contributed by atoms with van der Waals surface area (Å²) >= 11 is 12.8. The quantitative estimate of drug-likeness (QED) is 0.291. The molecule has 2 saturated heterocycles. The van der Waals surface area contributed by atoms with Crippen molar-refractivity contribution in [2.24, 2.45) is 0 Å².